The highest BCUT2D eigenvalue weighted by Crippen LogP contribution is 2.16. The Morgan fingerprint density at radius 3 is 2.45 bits per heavy atom. The van der Waals surface area contributed by atoms with Crippen molar-refractivity contribution in [2.24, 2.45) is 0 Å². The lowest BCUT2D eigenvalue weighted by molar-refractivity contribution is -0.137. The van der Waals surface area contributed by atoms with Crippen molar-refractivity contribution in [3.05, 3.63) is 29.8 Å². The van der Waals surface area contributed by atoms with Crippen LogP contribution in [0.3, 0.4) is 0 Å². The zero-order chi connectivity index (χ0) is 16.6. The number of carboxylic acid groups (broad SMARTS) is 1. The summed E-state index contributed by atoms with van der Waals surface area (Å²) in [5.41, 5.74) is 0.479. The average Bonchev–Trinajstić information content (AvgIpc) is 2.41. The van der Waals surface area contributed by atoms with Gasteiger partial charge in [0.2, 0.25) is 10.0 Å². The molecule has 1 rings (SSSR count). The summed E-state index contributed by atoms with van der Waals surface area (Å²) in [5, 5.41) is 11.2. The van der Waals surface area contributed by atoms with Crippen molar-refractivity contribution in [1.82, 2.24) is 5.32 Å². The summed E-state index contributed by atoms with van der Waals surface area (Å²) < 4.78 is 24.8. The number of sulfonamides is 1. The van der Waals surface area contributed by atoms with Crippen molar-refractivity contribution >= 4 is 27.6 Å². The van der Waals surface area contributed by atoms with E-state index in [1.165, 1.54) is 12.1 Å². The van der Waals surface area contributed by atoms with E-state index in [1.807, 2.05) is 0 Å². The van der Waals surface area contributed by atoms with E-state index in [4.69, 9.17) is 5.11 Å². The minimum Gasteiger partial charge on any atom is -0.481 e. The van der Waals surface area contributed by atoms with Gasteiger partial charge in [0, 0.05) is 13.0 Å². The molecule has 0 aliphatic carbocycles. The molecule has 0 saturated carbocycles. The van der Waals surface area contributed by atoms with Gasteiger partial charge in [-0.15, -0.1) is 0 Å². The van der Waals surface area contributed by atoms with Crippen LogP contribution in [0.4, 0.5) is 5.69 Å². The molecule has 0 heterocycles. The molecule has 0 aliphatic heterocycles. The summed E-state index contributed by atoms with van der Waals surface area (Å²) in [6.07, 6.45) is 3.08. The van der Waals surface area contributed by atoms with Gasteiger partial charge in [-0.2, -0.15) is 0 Å². The highest BCUT2D eigenvalue weighted by Gasteiger charge is 2.13. The average molecular weight is 328 g/mol. The maximum Gasteiger partial charge on any atom is 0.303 e. The van der Waals surface area contributed by atoms with Crippen LogP contribution in [0.2, 0.25) is 0 Å². The fourth-order valence-electron chi connectivity index (χ4n) is 1.85. The summed E-state index contributed by atoms with van der Waals surface area (Å²) >= 11 is 0. The first-order valence-corrected chi connectivity index (χ1v) is 8.75. The van der Waals surface area contributed by atoms with Gasteiger partial charge in [-0.05, 0) is 25.0 Å². The normalized spacial score (nSPS) is 11.0. The number of anilines is 1. The first kappa shape index (κ1) is 18.0. The Bertz CT molecular complexity index is 628. The van der Waals surface area contributed by atoms with E-state index in [-0.39, 0.29) is 23.6 Å². The van der Waals surface area contributed by atoms with Crippen LogP contribution >= 0.6 is 0 Å². The molecule has 22 heavy (non-hydrogen) atoms. The first-order chi connectivity index (χ1) is 10.3. The molecule has 0 aliphatic rings. The molecule has 0 radical (unpaired) electrons. The number of hydrogen-bond donors (Lipinski definition) is 3. The van der Waals surface area contributed by atoms with E-state index in [0.29, 0.717) is 25.8 Å². The van der Waals surface area contributed by atoms with Gasteiger partial charge in [0.1, 0.15) is 0 Å². The molecule has 1 amide bonds. The number of rotatable bonds is 9. The lowest BCUT2D eigenvalue weighted by Crippen LogP contribution is -2.26. The SMILES string of the molecule is CS(=O)(=O)Nc1ccccc1C(=O)NCCCCCC(=O)O. The zero-order valence-corrected chi connectivity index (χ0v) is 13.1. The van der Waals surface area contributed by atoms with E-state index in [2.05, 4.69) is 10.0 Å². The van der Waals surface area contributed by atoms with Crippen molar-refractivity contribution in [3.8, 4) is 0 Å². The van der Waals surface area contributed by atoms with Crippen molar-refractivity contribution in [3.63, 3.8) is 0 Å². The molecule has 122 valence electrons. The van der Waals surface area contributed by atoms with Gasteiger partial charge in [0.15, 0.2) is 0 Å². The smallest absolute Gasteiger partial charge is 0.303 e. The second kappa shape index (κ2) is 8.38. The van der Waals surface area contributed by atoms with Gasteiger partial charge in [0.05, 0.1) is 17.5 Å². The fraction of sp³-hybridized carbons (Fsp3) is 0.429. The highest BCUT2D eigenvalue weighted by atomic mass is 32.2. The highest BCUT2D eigenvalue weighted by molar-refractivity contribution is 7.92. The van der Waals surface area contributed by atoms with Gasteiger partial charge in [-0.25, -0.2) is 8.42 Å². The third-order valence-corrected chi connectivity index (χ3v) is 3.41. The molecule has 0 unspecified atom stereocenters. The summed E-state index contributed by atoms with van der Waals surface area (Å²) in [5.74, 6) is -1.20. The minimum absolute atomic E-state index is 0.120. The van der Waals surface area contributed by atoms with Crippen molar-refractivity contribution in [2.75, 3.05) is 17.5 Å². The Hall–Kier alpha value is -2.09. The van der Waals surface area contributed by atoms with Gasteiger partial charge in [0.25, 0.3) is 5.91 Å². The Balaban J connectivity index is 2.50. The van der Waals surface area contributed by atoms with E-state index >= 15 is 0 Å². The second-order valence-electron chi connectivity index (χ2n) is 4.88. The fourth-order valence-corrected chi connectivity index (χ4v) is 2.42. The number of carbonyl (C=O) groups excluding carboxylic acids is 1. The number of unbranched alkanes of at least 4 members (excludes halogenated alkanes) is 2. The maximum absolute atomic E-state index is 12.1. The van der Waals surface area contributed by atoms with Gasteiger partial charge in [-0.3, -0.25) is 14.3 Å². The number of nitrogens with one attached hydrogen (secondary N) is 2. The van der Waals surface area contributed by atoms with Gasteiger partial charge in [-0.1, -0.05) is 18.6 Å². The number of benzene rings is 1. The number of carbonyl (C=O) groups is 2. The largest absolute Gasteiger partial charge is 0.481 e. The maximum atomic E-state index is 12.1. The topological polar surface area (TPSA) is 113 Å². The summed E-state index contributed by atoms with van der Waals surface area (Å²) in [4.78, 5) is 22.4. The quantitative estimate of drug-likeness (QED) is 0.594. The van der Waals surface area contributed by atoms with Crippen LogP contribution in [0, 0.1) is 0 Å². The number of hydrogen-bond acceptors (Lipinski definition) is 4. The van der Waals surface area contributed by atoms with Crippen LogP contribution in [0.25, 0.3) is 0 Å². The van der Waals surface area contributed by atoms with Gasteiger partial charge < -0.3 is 10.4 Å². The van der Waals surface area contributed by atoms with Crippen LogP contribution in [-0.2, 0) is 14.8 Å². The van der Waals surface area contributed by atoms with Crippen molar-refractivity contribution in [1.29, 1.82) is 0 Å². The van der Waals surface area contributed by atoms with Crippen LogP contribution in [0.1, 0.15) is 36.0 Å². The van der Waals surface area contributed by atoms with Crippen LogP contribution in [-0.4, -0.2) is 38.2 Å². The van der Waals surface area contributed by atoms with Crippen molar-refractivity contribution < 1.29 is 23.1 Å². The summed E-state index contributed by atoms with van der Waals surface area (Å²) in [7, 11) is -3.46. The minimum atomic E-state index is -3.46. The van der Waals surface area contributed by atoms with E-state index in [9.17, 15) is 18.0 Å². The van der Waals surface area contributed by atoms with Crippen molar-refractivity contribution in [2.45, 2.75) is 25.7 Å². The third kappa shape index (κ3) is 7.07. The Morgan fingerprint density at radius 2 is 1.82 bits per heavy atom. The number of para-hydroxylation sites is 1. The first-order valence-electron chi connectivity index (χ1n) is 6.86. The predicted molar refractivity (Wildman–Crippen MR) is 83.3 cm³/mol. The molecule has 0 spiro atoms. The summed E-state index contributed by atoms with van der Waals surface area (Å²) in [6.45, 7) is 0.408. The molecule has 0 fully saturated rings. The predicted octanol–water partition coefficient (Wildman–Crippen LogP) is 1.43. The summed E-state index contributed by atoms with van der Waals surface area (Å²) in [6, 6.07) is 6.33. The molecule has 1 aromatic carbocycles. The van der Waals surface area contributed by atoms with Crippen LogP contribution in [0.15, 0.2) is 24.3 Å². The third-order valence-electron chi connectivity index (χ3n) is 2.82. The molecule has 1 aromatic rings. The monoisotopic (exact) mass is 328 g/mol. The molecule has 3 N–H and O–H groups in total. The number of aliphatic carboxylic acids is 1. The lowest BCUT2D eigenvalue weighted by Gasteiger charge is -2.10. The standard InChI is InChI=1S/C14H20N2O5S/c1-22(20,21)16-12-8-5-4-7-11(12)14(19)15-10-6-2-3-9-13(17)18/h4-5,7-8,16H,2-3,6,9-10H2,1H3,(H,15,19)(H,17,18). The van der Waals surface area contributed by atoms with E-state index in [0.717, 1.165) is 6.26 Å². The molecule has 0 atom stereocenters. The second-order valence-corrected chi connectivity index (χ2v) is 6.63. The van der Waals surface area contributed by atoms with Crippen LogP contribution < -0.4 is 10.0 Å². The Morgan fingerprint density at radius 1 is 1.14 bits per heavy atom. The van der Waals surface area contributed by atoms with E-state index in [1.54, 1.807) is 12.1 Å². The Kier molecular flexibility index (Phi) is 6.84. The lowest BCUT2D eigenvalue weighted by atomic mass is 10.1. The number of amides is 1. The van der Waals surface area contributed by atoms with E-state index < -0.39 is 16.0 Å². The Labute approximate surface area is 129 Å². The zero-order valence-electron chi connectivity index (χ0n) is 12.3. The molecular formula is C14H20N2O5S. The van der Waals surface area contributed by atoms with Crippen LogP contribution in [0.5, 0.6) is 0 Å². The molecule has 7 nitrogen and oxygen atoms in total. The number of carboxylic acids is 1. The molecule has 0 saturated heterocycles. The van der Waals surface area contributed by atoms with Gasteiger partial charge >= 0.3 is 5.97 Å². The molecular weight excluding hydrogens is 308 g/mol. The molecule has 0 aromatic heterocycles. The molecule has 0 bridgehead atoms. The molecule has 8 heteroatoms.